The predicted octanol–water partition coefficient (Wildman–Crippen LogP) is 3.83. The molecule has 0 saturated heterocycles. The minimum absolute atomic E-state index is 0.0792. The highest BCUT2D eigenvalue weighted by Crippen LogP contribution is 2.22. The number of aromatic amines is 1. The lowest BCUT2D eigenvalue weighted by molar-refractivity contribution is -0.127. The molecular formula is C20H20F2N4O3S. The van der Waals surface area contributed by atoms with Crippen molar-refractivity contribution in [3.05, 3.63) is 54.1 Å². The average molecular weight is 434 g/mol. The summed E-state index contributed by atoms with van der Waals surface area (Å²) in [6.07, 6.45) is 0. The van der Waals surface area contributed by atoms with E-state index in [9.17, 15) is 13.6 Å². The van der Waals surface area contributed by atoms with Gasteiger partial charge in [0.05, 0.1) is 12.9 Å². The third-order valence-corrected chi connectivity index (χ3v) is 4.98. The summed E-state index contributed by atoms with van der Waals surface area (Å²) in [5.41, 5.74) is 1.66. The van der Waals surface area contributed by atoms with Crippen LogP contribution in [-0.2, 0) is 11.3 Å². The number of carbonyl (C=O) groups excluding carboxylic acids is 1. The molecule has 3 rings (SSSR count). The summed E-state index contributed by atoms with van der Waals surface area (Å²) in [5.74, 6) is 1.49. The number of methoxy groups -OCH3 is 1. The Kier molecular flexibility index (Phi) is 7.23. The molecule has 7 nitrogen and oxygen atoms in total. The van der Waals surface area contributed by atoms with Crippen LogP contribution in [0.25, 0.3) is 11.4 Å². The summed E-state index contributed by atoms with van der Waals surface area (Å²) < 4.78 is 33.8. The predicted molar refractivity (Wildman–Crippen MR) is 109 cm³/mol. The Balaban J connectivity index is 1.50. The van der Waals surface area contributed by atoms with Crippen molar-refractivity contribution >= 4 is 17.7 Å². The van der Waals surface area contributed by atoms with Crippen LogP contribution in [0.4, 0.5) is 8.78 Å². The maximum atomic E-state index is 12.4. The Bertz CT molecular complexity index is 965. The van der Waals surface area contributed by atoms with Crippen molar-refractivity contribution in [3.63, 3.8) is 0 Å². The summed E-state index contributed by atoms with van der Waals surface area (Å²) in [6.45, 7) is -2.52. The highest BCUT2D eigenvalue weighted by Gasteiger charge is 2.13. The SMILES string of the molecule is COc1ccc(-c2nc(SCC(=O)N(C)Cc3ccc(OC(F)F)cc3)n[nH]2)cc1. The Morgan fingerprint density at radius 3 is 2.43 bits per heavy atom. The second kappa shape index (κ2) is 10.1. The smallest absolute Gasteiger partial charge is 0.387 e. The van der Waals surface area contributed by atoms with E-state index in [0.717, 1.165) is 16.9 Å². The molecule has 1 N–H and O–H groups in total. The molecule has 0 aliphatic rings. The first kappa shape index (κ1) is 21.6. The van der Waals surface area contributed by atoms with Crippen LogP contribution in [0, 0.1) is 0 Å². The molecule has 10 heteroatoms. The zero-order valence-electron chi connectivity index (χ0n) is 16.3. The Hall–Kier alpha value is -3.14. The molecule has 0 aliphatic heterocycles. The molecular weight excluding hydrogens is 414 g/mol. The summed E-state index contributed by atoms with van der Waals surface area (Å²) >= 11 is 1.23. The van der Waals surface area contributed by atoms with Crippen LogP contribution in [-0.4, -0.2) is 52.5 Å². The van der Waals surface area contributed by atoms with Crippen molar-refractivity contribution in [1.29, 1.82) is 0 Å². The van der Waals surface area contributed by atoms with Gasteiger partial charge < -0.3 is 14.4 Å². The fraction of sp³-hybridized carbons (Fsp3) is 0.250. The quantitative estimate of drug-likeness (QED) is 0.516. The Morgan fingerprint density at radius 1 is 1.13 bits per heavy atom. The number of ether oxygens (including phenoxy) is 2. The molecule has 30 heavy (non-hydrogen) atoms. The monoisotopic (exact) mass is 434 g/mol. The van der Waals surface area contributed by atoms with Crippen LogP contribution in [0.1, 0.15) is 5.56 Å². The first-order chi connectivity index (χ1) is 14.4. The molecule has 0 fully saturated rings. The lowest BCUT2D eigenvalue weighted by Gasteiger charge is -2.17. The fourth-order valence-corrected chi connectivity index (χ4v) is 3.30. The molecule has 0 bridgehead atoms. The van der Waals surface area contributed by atoms with Gasteiger partial charge in [-0.15, -0.1) is 5.10 Å². The Labute approximate surface area is 176 Å². The van der Waals surface area contributed by atoms with E-state index in [1.807, 2.05) is 24.3 Å². The van der Waals surface area contributed by atoms with Crippen LogP contribution in [0.2, 0.25) is 0 Å². The maximum Gasteiger partial charge on any atom is 0.387 e. The lowest BCUT2D eigenvalue weighted by Crippen LogP contribution is -2.27. The van der Waals surface area contributed by atoms with E-state index in [4.69, 9.17) is 4.74 Å². The first-order valence-electron chi connectivity index (χ1n) is 8.92. The van der Waals surface area contributed by atoms with Crippen molar-refractivity contribution in [2.24, 2.45) is 0 Å². The number of amides is 1. The number of carbonyl (C=O) groups is 1. The molecule has 158 valence electrons. The van der Waals surface area contributed by atoms with Crippen LogP contribution in [0.5, 0.6) is 11.5 Å². The van der Waals surface area contributed by atoms with Gasteiger partial charge in [0, 0.05) is 19.2 Å². The molecule has 1 aromatic heterocycles. The standard InChI is InChI=1S/C20H20F2N4O3S/c1-26(11-13-3-7-16(8-4-13)29-19(21)22)17(27)12-30-20-23-18(24-25-20)14-5-9-15(28-2)10-6-14/h3-10,19H,11-12H2,1-2H3,(H,23,24,25). The second-order valence-corrected chi connectivity index (χ2v) is 7.20. The molecule has 1 heterocycles. The van der Waals surface area contributed by atoms with Crippen LogP contribution in [0.3, 0.4) is 0 Å². The van der Waals surface area contributed by atoms with Crippen molar-refractivity contribution in [1.82, 2.24) is 20.1 Å². The van der Waals surface area contributed by atoms with Gasteiger partial charge in [0.15, 0.2) is 5.82 Å². The third-order valence-electron chi connectivity index (χ3n) is 4.15. The summed E-state index contributed by atoms with van der Waals surface area (Å²) in [5, 5.41) is 7.46. The number of benzene rings is 2. The van der Waals surface area contributed by atoms with Crippen molar-refractivity contribution < 1.29 is 23.0 Å². The van der Waals surface area contributed by atoms with Crippen molar-refractivity contribution in [3.8, 4) is 22.9 Å². The van der Waals surface area contributed by atoms with Gasteiger partial charge in [0.1, 0.15) is 11.5 Å². The van der Waals surface area contributed by atoms with E-state index < -0.39 is 6.61 Å². The summed E-state index contributed by atoms with van der Waals surface area (Å²) in [6, 6.07) is 13.6. The van der Waals surface area contributed by atoms with E-state index in [-0.39, 0.29) is 17.4 Å². The molecule has 2 aromatic carbocycles. The highest BCUT2D eigenvalue weighted by molar-refractivity contribution is 7.99. The summed E-state index contributed by atoms with van der Waals surface area (Å²) in [4.78, 5) is 18.3. The number of nitrogens with one attached hydrogen (secondary N) is 1. The third kappa shape index (κ3) is 5.93. The van der Waals surface area contributed by atoms with Gasteiger partial charge in [0.2, 0.25) is 11.1 Å². The number of H-pyrrole nitrogens is 1. The van der Waals surface area contributed by atoms with E-state index in [1.54, 1.807) is 31.2 Å². The minimum Gasteiger partial charge on any atom is -0.497 e. The molecule has 0 aliphatic carbocycles. The van der Waals surface area contributed by atoms with E-state index in [1.165, 1.54) is 23.9 Å². The van der Waals surface area contributed by atoms with Gasteiger partial charge in [-0.05, 0) is 42.0 Å². The first-order valence-corrected chi connectivity index (χ1v) is 9.90. The molecule has 0 spiro atoms. The number of hydrogen-bond donors (Lipinski definition) is 1. The number of rotatable bonds is 9. The molecule has 3 aromatic rings. The van der Waals surface area contributed by atoms with Crippen LogP contribution >= 0.6 is 11.8 Å². The number of thioether (sulfide) groups is 1. The number of aromatic nitrogens is 3. The van der Waals surface area contributed by atoms with Gasteiger partial charge >= 0.3 is 6.61 Å². The molecule has 1 amide bonds. The molecule has 0 radical (unpaired) electrons. The molecule has 0 unspecified atom stereocenters. The summed E-state index contributed by atoms with van der Waals surface area (Å²) in [7, 11) is 3.27. The van der Waals surface area contributed by atoms with E-state index in [0.29, 0.717) is 17.5 Å². The van der Waals surface area contributed by atoms with Crippen molar-refractivity contribution in [2.75, 3.05) is 19.9 Å². The number of nitrogens with zero attached hydrogens (tertiary/aromatic N) is 3. The average Bonchev–Trinajstić information content (AvgIpc) is 3.22. The maximum absolute atomic E-state index is 12.4. The van der Waals surface area contributed by atoms with Gasteiger partial charge in [-0.25, -0.2) is 4.98 Å². The largest absolute Gasteiger partial charge is 0.497 e. The lowest BCUT2D eigenvalue weighted by atomic mass is 10.2. The fourth-order valence-electron chi connectivity index (χ4n) is 2.56. The topological polar surface area (TPSA) is 80.3 Å². The zero-order chi connectivity index (χ0) is 21.5. The number of alkyl halides is 2. The van der Waals surface area contributed by atoms with Crippen LogP contribution in [0.15, 0.2) is 53.7 Å². The highest BCUT2D eigenvalue weighted by atomic mass is 32.2. The Morgan fingerprint density at radius 2 is 1.80 bits per heavy atom. The van der Waals surface area contributed by atoms with Gasteiger partial charge in [-0.2, -0.15) is 8.78 Å². The van der Waals surface area contributed by atoms with Gasteiger partial charge in [-0.1, -0.05) is 23.9 Å². The van der Waals surface area contributed by atoms with Gasteiger partial charge in [0.25, 0.3) is 0 Å². The number of hydrogen-bond acceptors (Lipinski definition) is 6. The zero-order valence-corrected chi connectivity index (χ0v) is 17.2. The molecule has 0 atom stereocenters. The van der Waals surface area contributed by atoms with E-state index in [2.05, 4.69) is 19.9 Å². The number of halogens is 2. The molecule has 0 saturated carbocycles. The van der Waals surface area contributed by atoms with Crippen molar-refractivity contribution in [2.45, 2.75) is 18.3 Å². The van der Waals surface area contributed by atoms with E-state index >= 15 is 0 Å². The normalized spacial score (nSPS) is 10.8. The minimum atomic E-state index is -2.86. The van der Waals surface area contributed by atoms with Gasteiger partial charge in [-0.3, -0.25) is 9.89 Å². The second-order valence-electron chi connectivity index (χ2n) is 6.26. The van der Waals surface area contributed by atoms with Crippen LogP contribution < -0.4 is 9.47 Å².